The molecule has 4 nitrogen and oxygen atoms in total. The van der Waals surface area contributed by atoms with Crippen molar-refractivity contribution in [2.75, 3.05) is 13.1 Å². The minimum atomic E-state index is -0.180. The first-order valence-electron chi connectivity index (χ1n) is 9.36. The van der Waals surface area contributed by atoms with Crippen molar-refractivity contribution in [1.82, 2.24) is 9.80 Å². The predicted molar refractivity (Wildman–Crippen MR) is 115 cm³/mol. The average molecular weight is 401 g/mol. The van der Waals surface area contributed by atoms with Crippen molar-refractivity contribution in [3.05, 3.63) is 53.0 Å². The number of thiocarbonyl (C=S) groups is 1. The van der Waals surface area contributed by atoms with Gasteiger partial charge in [-0.05, 0) is 37.3 Å². The Labute approximate surface area is 170 Å². The van der Waals surface area contributed by atoms with Crippen LogP contribution in [0.1, 0.15) is 38.2 Å². The highest BCUT2D eigenvalue weighted by atomic mass is 32.2. The van der Waals surface area contributed by atoms with Crippen LogP contribution in [-0.2, 0) is 9.59 Å². The van der Waals surface area contributed by atoms with Gasteiger partial charge in [-0.2, -0.15) is 0 Å². The Bertz CT molecular complexity index is 774. The van der Waals surface area contributed by atoms with Gasteiger partial charge in [-0.15, -0.1) is 0 Å². The van der Waals surface area contributed by atoms with Crippen molar-refractivity contribution in [3.63, 3.8) is 0 Å². The highest BCUT2D eigenvalue weighted by Crippen LogP contribution is 2.31. The van der Waals surface area contributed by atoms with Crippen LogP contribution >= 0.6 is 24.0 Å². The third-order valence-corrected chi connectivity index (χ3v) is 6.32. The van der Waals surface area contributed by atoms with E-state index in [-0.39, 0.29) is 24.4 Å². The number of allylic oxidation sites excluding steroid dienone is 2. The molecule has 2 fully saturated rings. The molecule has 1 aromatic carbocycles. The number of amides is 2. The molecule has 0 radical (unpaired) electrons. The molecule has 1 aromatic rings. The second-order valence-electron chi connectivity index (χ2n) is 6.70. The third kappa shape index (κ3) is 4.87. The molecule has 2 amide bonds. The minimum Gasteiger partial charge on any atom is -0.338 e. The summed E-state index contributed by atoms with van der Waals surface area (Å²) in [6, 6.07) is 10.2. The van der Waals surface area contributed by atoms with Gasteiger partial charge in [0.1, 0.15) is 10.9 Å². The van der Waals surface area contributed by atoms with Gasteiger partial charge in [0.25, 0.3) is 5.91 Å². The molecule has 2 saturated heterocycles. The average Bonchev–Trinajstić information content (AvgIpc) is 2.96. The van der Waals surface area contributed by atoms with Crippen LogP contribution in [0.25, 0.3) is 6.08 Å². The van der Waals surface area contributed by atoms with Crippen LogP contribution in [0.15, 0.2) is 47.4 Å². The summed E-state index contributed by atoms with van der Waals surface area (Å²) in [4.78, 5) is 29.4. The number of likely N-dealkylation sites (tertiary alicyclic amines) is 1. The quantitative estimate of drug-likeness (QED) is 0.548. The number of nitrogens with zero attached hydrogens (tertiary/aromatic N) is 2. The SMILES string of the molecule is CCC1CCCCN1C(=O)CN1C(=O)C(=CC=Cc2ccccc2)SC1=S. The van der Waals surface area contributed by atoms with E-state index in [1.165, 1.54) is 23.1 Å². The van der Waals surface area contributed by atoms with E-state index in [9.17, 15) is 9.59 Å². The monoisotopic (exact) mass is 400 g/mol. The Kier molecular flexibility index (Phi) is 6.85. The maximum absolute atomic E-state index is 12.7. The fourth-order valence-corrected chi connectivity index (χ4v) is 4.65. The Morgan fingerprint density at radius 3 is 2.81 bits per heavy atom. The van der Waals surface area contributed by atoms with E-state index < -0.39 is 0 Å². The topological polar surface area (TPSA) is 40.6 Å². The van der Waals surface area contributed by atoms with E-state index >= 15 is 0 Å². The van der Waals surface area contributed by atoms with Crippen LogP contribution in [0, 0.1) is 0 Å². The van der Waals surface area contributed by atoms with Gasteiger partial charge in [0, 0.05) is 12.6 Å². The molecule has 0 aliphatic carbocycles. The highest BCUT2D eigenvalue weighted by Gasteiger charge is 2.35. The minimum absolute atomic E-state index is 0.000993. The van der Waals surface area contributed by atoms with Crippen LogP contribution in [-0.4, -0.2) is 45.1 Å². The fourth-order valence-electron chi connectivity index (χ4n) is 3.44. The van der Waals surface area contributed by atoms with Crippen LogP contribution < -0.4 is 0 Å². The molecule has 1 atom stereocenters. The molecule has 3 rings (SSSR count). The van der Waals surface area contributed by atoms with Crippen molar-refractivity contribution < 1.29 is 9.59 Å². The molecule has 0 N–H and O–H groups in total. The number of carbonyl (C=O) groups is 2. The standard InChI is InChI=1S/C21H24N2O2S2/c1-2-17-12-6-7-14-22(17)19(24)15-23-20(25)18(27-21(23)26)13-8-11-16-9-4-3-5-10-16/h3-5,8-11,13,17H,2,6-7,12,14-15H2,1H3. The molecule has 0 saturated carbocycles. The number of hydrogen-bond acceptors (Lipinski definition) is 4. The van der Waals surface area contributed by atoms with Crippen LogP contribution in [0.5, 0.6) is 0 Å². The van der Waals surface area contributed by atoms with E-state index in [0.717, 1.165) is 31.4 Å². The zero-order valence-electron chi connectivity index (χ0n) is 15.5. The Morgan fingerprint density at radius 1 is 1.30 bits per heavy atom. The summed E-state index contributed by atoms with van der Waals surface area (Å²) in [5, 5.41) is 0. The number of piperidine rings is 1. The maximum Gasteiger partial charge on any atom is 0.266 e. The Morgan fingerprint density at radius 2 is 2.07 bits per heavy atom. The highest BCUT2D eigenvalue weighted by molar-refractivity contribution is 8.26. The molecule has 0 bridgehead atoms. The van der Waals surface area contributed by atoms with E-state index in [0.29, 0.717) is 9.23 Å². The summed E-state index contributed by atoms with van der Waals surface area (Å²) in [6.07, 6.45) is 9.76. The second kappa shape index (κ2) is 9.33. The lowest BCUT2D eigenvalue weighted by Crippen LogP contribution is -2.48. The predicted octanol–water partition coefficient (Wildman–Crippen LogP) is 4.24. The fraction of sp³-hybridized carbons (Fsp3) is 0.381. The molecule has 142 valence electrons. The number of thioether (sulfide) groups is 1. The molecule has 1 unspecified atom stereocenters. The molecule has 2 aliphatic heterocycles. The van der Waals surface area contributed by atoms with Crippen molar-refractivity contribution in [3.8, 4) is 0 Å². The number of carbonyl (C=O) groups excluding carboxylic acids is 2. The summed E-state index contributed by atoms with van der Waals surface area (Å²) in [6.45, 7) is 2.93. The first-order chi connectivity index (χ1) is 13.1. The van der Waals surface area contributed by atoms with Crippen LogP contribution in [0.4, 0.5) is 0 Å². The summed E-state index contributed by atoms with van der Waals surface area (Å²) in [5.41, 5.74) is 1.06. The van der Waals surface area contributed by atoms with Crippen molar-refractivity contribution in [2.24, 2.45) is 0 Å². The smallest absolute Gasteiger partial charge is 0.266 e. The van der Waals surface area contributed by atoms with Gasteiger partial charge < -0.3 is 4.90 Å². The molecular formula is C21H24N2O2S2. The normalized spacial score (nSPS) is 22.3. The van der Waals surface area contributed by atoms with Gasteiger partial charge in [-0.3, -0.25) is 14.5 Å². The number of rotatable bonds is 5. The molecule has 0 aromatic heterocycles. The number of benzene rings is 1. The molecule has 0 spiro atoms. The van der Waals surface area contributed by atoms with E-state index in [1.54, 1.807) is 6.08 Å². The third-order valence-electron chi connectivity index (χ3n) is 4.92. The molecular weight excluding hydrogens is 376 g/mol. The summed E-state index contributed by atoms with van der Waals surface area (Å²) in [5.74, 6) is -0.181. The largest absolute Gasteiger partial charge is 0.338 e. The second-order valence-corrected chi connectivity index (χ2v) is 8.38. The van der Waals surface area contributed by atoms with Crippen molar-refractivity contribution in [1.29, 1.82) is 0 Å². The summed E-state index contributed by atoms with van der Waals surface area (Å²) in [7, 11) is 0. The van der Waals surface area contributed by atoms with E-state index in [1.807, 2.05) is 47.4 Å². The molecule has 2 aliphatic rings. The first kappa shape index (κ1) is 19.8. The summed E-state index contributed by atoms with van der Waals surface area (Å²) < 4.78 is 0.456. The van der Waals surface area contributed by atoms with Crippen molar-refractivity contribution in [2.45, 2.75) is 38.6 Å². The van der Waals surface area contributed by atoms with Gasteiger partial charge in [0.15, 0.2) is 0 Å². The summed E-state index contributed by atoms with van der Waals surface area (Å²) >= 11 is 6.61. The lowest BCUT2D eigenvalue weighted by atomic mass is 10.00. The van der Waals surface area contributed by atoms with Gasteiger partial charge >= 0.3 is 0 Å². The number of hydrogen-bond donors (Lipinski definition) is 0. The van der Waals surface area contributed by atoms with E-state index in [4.69, 9.17) is 12.2 Å². The molecule has 27 heavy (non-hydrogen) atoms. The van der Waals surface area contributed by atoms with Gasteiger partial charge in [0.2, 0.25) is 5.91 Å². The lowest BCUT2D eigenvalue weighted by molar-refractivity contribution is -0.138. The Balaban J connectivity index is 1.64. The van der Waals surface area contributed by atoms with Crippen LogP contribution in [0.3, 0.4) is 0 Å². The first-order valence-corrected chi connectivity index (χ1v) is 10.6. The van der Waals surface area contributed by atoms with E-state index in [2.05, 4.69) is 6.92 Å². The molecule has 2 heterocycles. The zero-order valence-corrected chi connectivity index (χ0v) is 17.1. The zero-order chi connectivity index (χ0) is 19.2. The Hall–Kier alpha value is -1.92. The lowest BCUT2D eigenvalue weighted by Gasteiger charge is -2.36. The maximum atomic E-state index is 12.7. The molecule has 6 heteroatoms. The van der Waals surface area contributed by atoms with Gasteiger partial charge in [0.05, 0.1) is 4.91 Å². The van der Waals surface area contributed by atoms with Crippen molar-refractivity contribution >= 4 is 46.2 Å². The van der Waals surface area contributed by atoms with Gasteiger partial charge in [-0.25, -0.2) is 0 Å². The van der Waals surface area contributed by atoms with Crippen LogP contribution in [0.2, 0.25) is 0 Å². The van der Waals surface area contributed by atoms with Gasteiger partial charge in [-0.1, -0.05) is 73.4 Å².